The Kier molecular flexibility index (Phi) is 3.34. The Labute approximate surface area is 103 Å². The molecule has 1 saturated carbocycles. The van der Waals surface area contributed by atoms with Crippen molar-refractivity contribution in [3.8, 4) is 0 Å². The molecular formula is C13H24N2O2. The van der Waals surface area contributed by atoms with Gasteiger partial charge in [-0.1, -0.05) is 0 Å². The van der Waals surface area contributed by atoms with E-state index >= 15 is 0 Å². The second-order valence-corrected chi connectivity index (χ2v) is 6.31. The Morgan fingerprint density at radius 3 is 2.47 bits per heavy atom. The molecule has 0 radical (unpaired) electrons. The average Bonchev–Trinajstić information content (AvgIpc) is 2.98. The van der Waals surface area contributed by atoms with E-state index < -0.39 is 5.60 Å². The largest absolute Gasteiger partial charge is 0.444 e. The molecule has 0 bridgehead atoms. The van der Waals surface area contributed by atoms with E-state index in [4.69, 9.17) is 10.5 Å². The fraction of sp³-hybridized carbons (Fsp3) is 0.923. The maximum absolute atomic E-state index is 12.2. The van der Waals surface area contributed by atoms with Gasteiger partial charge in [0.25, 0.3) is 0 Å². The molecule has 0 aromatic heterocycles. The zero-order chi connectivity index (χ0) is 12.6. The second-order valence-electron chi connectivity index (χ2n) is 6.31. The number of ether oxygens (including phenoxy) is 1. The highest BCUT2D eigenvalue weighted by atomic mass is 16.6. The van der Waals surface area contributed by atoms with Crippen LogP contribution in [0.1, 0.15) is 46.5 Å². The Bertz CT molecular complexity index is 294. The summed E-state index contributed by atoms with van der Waals surface area (Å²) in [5.74, 6) is 0.609. The van der Waals surface area contributed by atoms with Gasteiger partial charge in [-0.3, -0.25) is 0 Å². The molecule has 1 heterocycles. The maximum Gasteiger partial charge on any atom is 0.410 e. The predicted molar refractivity (Wildman–Crippen MR) is 66.7 cm³/mol. The van der Waals surface area contributed by atoms with E-state index in [1.54, 1.807) is 0 Å². The van der Waals surface area contributed by atoms with Crippen molar-refractivity contribution in [2.24, 2.45) is 11.7 Å². The standard InChI is InChI=1S/C13H24N2O2/c1-13(2,3)17-12(16)15-8-4-5-10(14)11(15)9-6-7-9/h9-11H,4-8,14H2,1-3H3. The van der Waals surface area contributed by atoms with Crippen LogP contribution < -0.4 is 5.73 Å². The molecule has 2 fully saturated rings. The molecule has 17 heavy (non-hydrogen) atoms. The average molecular weight is 240 g/mol. The number of nitrogens with two attached hydrogens (primary N) is 1. The van der Waals surface area contributed by atoms with Crippen LogP contribution in [0.5, 0.6) is 0 Å². The van der Waals surface area contributed by atoms with Gasteiger partial charge in [0.15, 0.2) is 0 Å². The quantitative estimate of drug-likeness (QED) is 0.764. The molecule has 1 aliphatic heterocycles. The first-order valence-electron chi connectivity index (χ1n) is 6.64. The summed E-state index contributed by atoms with van der Waals surface area (Å²) in [5, 5.41) is 0. The Hall–Kier alpha value is -0.770. The lowest BCUT2D eigenvalue weighted by Crippen LogP contribution is -2.56. The third kappa shape index (κ3) is 3.12. The van der Waals surface area contributed by atoms with Crippen LogP contribution in [0.2, 0.25) is 0 Å². The fourth-order valence-electron chi connectivity index (χ4n) is 2.62. The highest BCUT2D eigenvalue weighted by Crippen LogP contribution is 2.39. The number of amides is 1. The number of rotatable bonds is 1. The topological polar surface area (TPSA) is 55.6 Å². The minimum absolute atomic E-state index is 0.128. The lowest BCUT2D eigenvalue weighted by molar-refractivity contribution is 0.00370. The van der Waals surface area contributed by atoms with Crippen LogP contribution in [0.3, 0.4) is 0 Å². The molecule has 2 atom stereocenters. The van der Waals surface area contributed by atoms with E-state index in [9.17, 15) is 4.79 Å². The van der Waals surface area contributed by atoms with E-state index in [1.807, 2.05) is 25.7 Å². The Morgan fingerprint density at radius 1 is 1.29 bits per heavy atom. The van der Waals surface area contributed by atoms with Crippen LogP contribution in [-0.4, -0.2) is 35.2 Å². The van der Waals surface area contributed by atoms with Crippen LogP contribution >= 0.6 is 0 Å². The molecule has 4 nitrogen and oxygen atoms in total. The molecule has 2 rings (SSSR count). The first-order valence-corrected chi connectivity index (χ1v) is 6.64. The molecule has 0 aromatic carbocycles. The molecular weight excluding hydrogens is 216 g/mol. The lowest BCUT2D eigenvalue weighted by Gasteiger charge is -2.40. The number of hydrogen-bond donors (Lipinski definition) is 1. The van der Waals surface area contributed by atoms with Gasteiger partial charge in [-0.25, -0.2) is 4.79 Å². The van der Waals surface area contributed by atoms with Gasteiger partial charge < -0.3 is 15.4 Å². The molecule has 0 aromatic rings. The van der Waals surface area contributed by atoms with Crippen molar-refractivity contribution in [2.75, 3.05) is 6.54 Å². The van der Waals surface area contributed by atoms with E-state index in [2.05, 4.69) is 0 Å². The van der Waals surface area contributed by atoms with Crippen molar-refractivity contribution in [3.63, 3.8) is 0 Å². The first-order chi connectivity index (χ1) is 7.88. The molecule has 1 saturated heterocycles. The fourth-order valence-corrected chi connectivity index (χ4v) is 2.62. The monoisotopic (exact) mass is 240 g/mol. The lowest BCUT2D eigenvalue weighted by atomic mass is 9.93. The highest BCUT2D eigenvalue weighted by Gasteiger charge is 2.43. The van der Waals surface area contributed by atoms with Crippen molar-refractivity contribution in [1.82, 2.24) is 4.90 Å². The minimum atomic E-state index is -0.424. The molecule has 0 spiro atoms. The Balaban J connectivity index is 2.03. The zero-order valence-corrected chi connectivity index (χ0v) is 11.1. The van der Waals surface area contributed by atoms with E-state index in [0.29, 0.717) is 5.92 Å². The van der Waals surface area contributed by atoms with Gasteiger partial charge in [0.05, 0.1) is 6.04 Å². The van der Waals surface area contributed by atoms with Crippen molar-refractivity contribution in [3.05, 3.63) is 0 Å². The van der Waals surface area contributed by atoms with Crippen LogP contribution in [-0.2, 0) is 4.74 Å². The van der Waals surface area contributed by atoms with Gasteiger partial charge in [0.2, 0.25) is 0 Å². The maximum atomic E-state index is 12.2. The number of hydrogen-bond acceptors (Lipinski definition) is 3. The second kappa shape index (κ2) is 4.48. The van der Waals surface area contributed by atoms with Crippen molar-refractivity contribution in [2.45, 2.75) is 64.1 Å². The smallest absolute Gasteiger partial charge is 0.410 e. The van der Waals surface area contributed by atoms with E-state index in [0.717, 1.165) is 19.4 Å². The molecule has 98 valence electrons. The third-order valence-electron chi connectivity index (χ3n) is 3.47. The number of nitrogens with zero attached hydrogens (tertiary/aromatic N) is 1. The summed E-state index contributed by atoms with van der Waals surface area (Å²) in [6.45, 7) is 6.51. The number of carbonyl (C=O) groups is 1. The van der Waals surface area contributed by atoms with Crippen LogP contribution in [0.15, 0.2) is 0 Å². The van der Waals surface area contributed by atoms with Gasteiger partial charge in [0.1, 0.15) is 5.60 Å². The molecule has 1 amide bonds. The summed E-state index contributed by atoms with van der Waals surface area (Å²) >= 11 is 0. The number of carbonyl (C=O) groups excluding carboxylic acids is 1. The molecule has 1 aliphatic carbocycles. The van der Waals surface area contributed by atoms with Crippen LogP contribution in [0.25, 0.3) is 0 Å². The summed E-state index contributed by atoms with van der Waals surface area (Å²) in [6, 6.07) is 0.336. The summed E-state index contributed by atoms with van der Waals surface area (Å²) < 4.78 is 5.47. The van der Waals surface area contributed by atoms with E-state index in [-0.39, 0.29) is 18.2 Å². The summed E-state index contributed by atoms with van der Waals surface area (Å²) in [4.78, 5) is 14.0. The SMILES string of the molecule is CC(C)(C)OC(=O)N1CCCC(N)C1C1CC1. The van der Waals surface area contributed by atoms with E-state index in [1.165, 1.54) is 12.8 Å². The van der Waals surface area contributed by atoms with Gasteiger partial charge in [-0.05, 0) is 52.4 Å². The third-order valence-corrected chi connectivity index (χ3v) is 3.47. The summed E-state index contributed by atoms with van der Waals surface area (Å²) in [6.07, 6.45) is 4.24. The summed E-state index contributed by atoms with van der Waals surface area (Å²) in [5.41, 5.74) is 5.74. The summed E-state index contributed by atoms with van der Waals surface area (Å²) in [7, 11) is 0. The molecule has 2 N–H and O–H groups in total. The van der Waals surface area contributed by atoms with Crippen molar-refractivity contribution >= 4 is 6.09 Å². The highest BCUT2D eigenvalue weighted by molar-refractivity contribution is 5.69. The Morgan fingerprint density at radius 2 is 1.94 bits per heavy atom. The molecule has 2 unspecified atom stereocenters. The van der Waals surface area contributed by atoms with Crippen molar-refractivity contribution < 1.29 is 9.53 Å². The van der Waals surface area contributed by atoms with Gasteiger partial charge in [-0.15, -0.1) is 0 Å². The molecule has 2 aliphatic rings. The van der Waals surface area contributed by atoms with Gasteiger partial charge >= 0.3 is 6.09 Å². The number of likely N-dealkylation sites (tertiary alicyclic amines) is 1. The predicted octanol–water partition coefficient (Wildman–Crippen LogP) is 2.12. The first kappa shape index (κ1) is 12.7. The van der Waals surface area contributed by atoms with Gasteiger partial charge in [0, 0.05) is 12.6 Å². The van der Waals surface area contributed by atoms with Crippen molar-refractivity contribution in [1.29, 1.82) is 0 Å². The number of piperidine rings is 1. The van der Waals surface area contributed by atoms with Gasteiger partial charge in [-0.2, -0.15) is 0 Å². The normalized spacial score (nSPS) is 30.2. The minimum Gasteiger partial charge on any atom is -0.444 e. The van der Waals surface area contributed by atoms with Crippen LogP contribution in [0.4, 0.5) is 4.79 Å². The molecule has 4 heteroatoms. The van der Waals surface area contributed by atoms with Crippen LogP contribution in [0, 0.1) is 5.92 Å². The zero-order valence-electron chi connectivity index (χ0n) is 11.1.